The van der Waals surface area contributed by atoms with E-state index in [0.29, 0.717) is 5.25 Å². The largest absolute Gasteiger partial charge is 0.338 e. The van der Waals surface area contributed by atoms with Gasteiger partial charge in [0.15, 0.2) is 0 Å². The fourth-order valence-electron chi connectivity index (χ4n) is 2.17. The molecule has 0 aromatic heterocycles. The third-order valence-corrected chi connectivity index (χ3v) is 4.46. The molecule has 1 aromatic carbocycles. The lowest BCUT2D eigenvalue weighted by molar-refractivity contribution is -0.125. The quantitative estimate of drug-likeness (QED) is 0.762. The number of nitrogens with zero attached hydrogens (tertiary/aromatic N) is 1. The molecule has 0 spiro atoms. The van der Waals surface area contributed by atoms with Crippen molar-refractivity contribution >= 4 is 17.7 Å². The first kappa shape index (κ1) is 13.2. The highest BCUT2D eigenvalue weighted by atomic mass is 32.2. The molecule has 0 saturated carbocycles. The molecular weight excluding hydrogens is 242 g/mol. The van der Waals surface area contributed by atoms with E-state index in [-0.39, 0.29) is 5.91 Å². The van der Waals surface area contributed by atoms with E-state index in [9.17, 15) is 4.79 Å². The molecule has 1 heterocycles. The average molecular weight is 261 g/mol. The fraction of sp³-hybridized carbons (Fsp3) is 0.400. The van der Waals surface area contributed by atoms with Crippen LogP contribution in [0.2, 0.25) is 0 Å². The maximum absolute atomic E-state index is 11.8. The Morgan fingerprint density at radius 3 is 2.83 bits per heavy atom. The summed E-state index contributed by atoms with van der Waals surface area (Å²) in [6.07, 6.45) is 4.51. The number of carbonyl (C=O) groups excluding carboxylic acids is 1. The summed E-state index contributed by atoms with van der Waals surface area (Å²) in [5.74, 6) is 1.16. The van der Waals surface area contributed by atoms with Crippen LogP contribution in [-0.2, 0) is 4.79 Å². The van der Waals surface area contributed by atoms with Crippen LogP contribution in [0.1, 0.15) is 24.2 Å². The molecule has 1 amide bonds. The van der Waals surface area contributed by atoms with E-state index in [1.807, 2.05) is 35.7 Å². The number of hydrogen-bond donors (Lipinski definition) is 0. The van der Waals surface area contributed by atoms with Crippen LogP contribution in [0.15, 0.2) is 42.5 Å². The maximum atomic E-state index is 11.8. The highest BCUT2D eigenvalue weighted by molar-refractivity contribution is 7.99. The third kappa shape index (κ3) is 3.39. The van der Waals surface area contributed by atoms with Gasteiger partial charge in [-0.05, 0) is 25.0 Å². The predicted molar refractivity (Wildman–Crippen MR) is 77.7 cm³/mol. The minimum absolute atomic E-state index is 0.145. The van der Waals surface area contributed by atoms with Gasteiger partial charge in [-0.25, -0.2) is 0 Å². The van der Waals surface area contributed by atoms with Crippen LogP contribution in [-0.4, -0.2) is 29.6 Å². The maximum Gasteiger partial charge on any atom is 0.246 e. The van der Waals surface area contributed by atoms with Crippen molar-refractivity contribution in [3.8, 4) is 0 Å². The highest BCUT2D eigenvalue weighted by Crippen LogP contribution is 2.34. The van der Waals surface area contributed by atoms with Gasteiger partial charge in [0.25, 0.3) is 0 Å². The summed E-state index contributed by atoms with van der Waals surface area (Å²) >= 11 is 1.96. The number of thioether (sulfide) groups is 1. The monoisotopic (exact) mass is 261 g/mol. The highest BCUT2D eigenvalue weighted by Gasteiger charge is 2.20. The van der Waals surface area contributed by atoms with Crippen molar-refractivity contribution in [1.29, 1.82) is 0 Å². The van der Waals surface area contributed by atoms with Gasteiger partial charge < -0.3 is 4.90 Å². The molecule has 1 saturated heterocycles. The summed E-state index contributed by atoms with van der Waals surface area (Å²) in [6, 6.07) is 10.6. The van der Waals surface area contributed by atoms with Gasteiger partial charge in [0.1, 0.15) is 0 Å². The molecule has 1 aliphatic rings. The number of rotatable bonds is 2. The smallest absolute Gasteiger partial charge is 0.246 e. The molecular formula is C15H19NOS. The Balaban J connectivity index is 1.99. The van der Waals surface area contributed by atoms with Crippen molar-refractivity contribution in [3.05, 3.63) is 48.0 Å². The first-order valence-electron chi connectivity index (χ1n) is 6.39. The average Bonchev–Trinajstić information content (AvgIpc) is 2.66. The number of amides is 1. The lowest BCUT2D eigenvalue weighted by Gasteiger charge is -2.18. The summed E-state index contributed by atoms with van der Waals surface area (Å²) in [6.45, 7) is 3.60. The van der Waals surface area contributed by atoms with Gasteiger partial charge >= 0.3 is 0 Å². The Morgan fingerprint density at radius 2 is 2.11 bits per heavy atom. The molecule has 0 aliphatic carbocycles. The van der Waals surface area contributed by atoms with Crippen LogP contribution in [0.5, 0.6) is 0 Å². The van der Waals surface area contributed by atoms with Gasteiger partial charge in [-0.1, -0.05) is 36.4 Å². The third-order valence-electron chi connectivity index (χ3n) is 3.13. The molecule has 1 aromatic rings. The molecule has 0 N–H and O–H groups in total. The van der Waals surface area contributed by atoms with E-state index >= 15 is 0 Å². The zero-order valence-electron chi connectivity index (χ0n) is 10.7. The van der Waals surface area contributed by atoms with Crippen LogP contribution in [0.3, 0.4) is 0 Å². The van der Waals surface area contributed by atoms with E-state index in [1.165, 1.54) is 5.56 Å². The van der Waals surface area contributed by atoms with Crippen molar-refractivity contribution in [1.82, 2.24) is 4.90 Å². The van der Waals surface area contributed by atoms with Gasteiger partial charge in [0.2, 0.25) is 5.91 Å². The Morgan fingerprint density at radius 1 is 1.33 bits per heavy atom. The summed E-state index contributed by atoms with van der Waals surface area (Å²) in [4.78, 5) is 13.8. The summed E-state index contributed by atoms with van der Waals surface area (Å²) in [5, 5.41) is 0.523. The molecule has 3 heteroatoms. The van der Waals surface area contributed by atoms with Crippen LogP contribution in [0.4, 0.5) is 0 Å². The second-order valence-corrected chi connectivity index (χ2v) is 5.69. The Kier molecular flexibility index (Phi) is 4.88. The zero-order valence-corrected chi connectivity index (χ0v) is 11.5. The van der Waals surface area contributed by atoms with Crippen molar-refractivity contribution in [2.24, 2.45) is 0 Å². The van der Waals surface area contributed by atoms with Crippen molar-refractivity contribution in [2.75, 3.05) is 18.8 Å². The molecule has 0 unspecified atom stereocenters. The van der Waals surface area contributed by atoms with E-state index in [4.69, 9.17) is 0 Å². The van der Waals surface area contributed by atoms with Gasteiger partial charge in [0, 0.05) is 24.1 Å². The molecule has 1 fully saturated rings. The van der Waals surface area contributed by atoms with Crippen molar-refractivity contribution < 1.29 is 4.79 Å². The summed E-state index contributed by atoms with van der Waals surface area (Å²) in [7, 11) is 0. The van der Waals surface area contributed by atoms with Crippen molar-refractivity contribution in [3.63, 3.8) is 0 Å². The minimum Gasteiger partial charge on any atom is -0.338 e. The van der Waals surface area contributed by atoms with E-state index in [0.717, 1.165) is 25.3 Å². The molecule has 96 valence electrons. The number of allylic oxidation sites excluding steroid dienone is 1. The molecule has 2 rings (SSSR count). The SMILES string of the molecule is C/C=C/C(=O)N1CCS[C@@H](c2ccccc2)CC1. The predicted octanol–water partition coefficient (Wildman–Crippen LogP) is 3.27. The van der Waals surface area contributed by atoms with E-state index < -0.39 is 0 Å². The molecule has 2 nitrogen and oxygen atoms in total. The first-order valence-corrected chi connectivity index (χ1v) is 7.44. The summed E-state index contributed by atoms with van der Waals surface area (Å²) < 4.78 is 0. The van der Waals surface area contributed by atoms with E-state index in [1.54, 1.807) is 6.08 Å². The second kappa shape index (κ2) is 6.64. The summed E-state index contributed by atoms with van der Waals surface area (Å²) in [5.41, 5.74) is 1.38. The van der Waals surface area contributed by atoms with Crippen LogP contribution < -0.4 is 0 Å². The topological polar surface area (TPSA) is 20.3 Å². The van der Waals surface area contributed by atoms with Crippen molar-refractivity contribution in [2.45, 2.75) is 18.6 Å². The molecule has 0 radical (unpaired) electrons. The van der Waals surface area contributed by atoms with Gasteiger partial charge in [0.05, 0.1) is 0 Å². The van der Waals surface area contributed by atoms with Gasteiger partial charge in [-0.2, -0.15) is 11.8 Å². The standard InChI is InChI=1S/C15H19NOS/c1-2-6-15(17)16-10-9-14(18-12-11-16)13-7-4-3-5-8-13/h2-8,14H,9-12H2,1H3/b6-2+/t14-/m1/s1. The molecule has 1 aliphatic heterocycles. The van der Waals surface area contributed by atoms with Gasteiger partial charge in [-0.15, -0.1) is 0 Å². The number of hydrogen-bond acceptors (Lipinski definition) is 2. The number of benzene rings is 1. The Hall–Kier alpha value is -1.22. The lowest BCUT2D eigenvalue weighted by Crippen LogP contribution is -2.31. The second-order valence-electron chi connectivity index (χ2n) is 4.38. The molecule has 0 bridgehead atoms. The molecule has 1 atom stereocenters. The zero-order chi connectivity index (χ0) is 12.8. The van der Waals surface area contributed by atoms with Crippen LogP contribution in [0.25, 0.3) is 0 Å². The fourth-order valence-corrected chi connectivity index (χ4v) is 3.40. The Bertz CT molecular complexity index is 416. The normalized spacial score (nSPS) is 20.9. The Labute approximate surface area is 113 Å². The van der Waals surface area contributed by atoms with Crippen LogP contribution in [0, 0.1) is 0 Å². The first-order chi connectivity index (χ1) is 8.81. The van der Waals surface area contributed by atoms with E-state index in [2.05, 4.69) is 24.3 Å². The van der Waals surface area contributed by atoms with Gasteiger partial charge in [-0.3, -0.25) is 4.79 Å². The number of carbonyl (C=O) groups is 1. The molecule has 18 heavy (non-hydrogen) atoms. The minimum atomic E-state index is 0.145. The van der Waals surface area contributed by atoms with Crippen LogP contribution >= 0.6 is 11.8 Å². The lowest BCUT2D eigenvalue weighted by atomic mass is 10.1.